The Balaban J connectivity index is 0.00000225. The highest BCUT2D eigenvalue weighted by Gasteiger charge is 2.43. The van der Waals surface area contributed by atoms with Gasteiger partial charge in [-0.05, 0) is 32.0 Å². The number of aliphatic carboxylic acids is 1. The SMILES string of the molecule is Cl.O=C(O)CCN1CCC2(CC1)COc1cc(C(=O)c3ccccc3)ccc12. The van der Waals surface area contributed by atoms with Crippen LogP contribution in [0.15, 0.2) is 48.5 Å². The summed E-state index contributed by atoms with van der Waals surface area (Å²) >= 11 is 0. The van der Waals surface area contributed by atoms with Crippen LogP contribution < -0.4 is 4.74 Å². The number of halogens is 1. The third-order valence-corrected chi connectivity index (χ3v) is 5.81. The first kappa shape index (κ1) is 20.4. The molecule has 148 valence electrons. The Morgan fingerprint density at radius 3 is 2.43 bits per heavy atom. The smallest absolute Gasteiger partial charge is 0.304 e. The number of rotatable bonds is 5. The maximum atomic E-state index is 12.7. The van der Waals surface area contributed by atoms with Crippen LogP contribution in [-0.4, -0.2) is 48.0 Å². The molecule has 4 rings (SSSR count). The number of likely N-dealkylation sites (tertiary alicyclic amines) is 1. The second-order valence-corrected chi connectivity index (χ2v) is 7.46. The third-order valence-electron chi connectivity index (χ3n) is 5.81. The molecular weight excluding hydrogens is 378 g/mol. The van der Waals surface area contributed by atoms with Gasteiger partial charge in [0.1, 0.15) is 5.75 Å². The zero-order valence-electron chi connectivity index (χ0n) is 15.6. The van der Waals surface area contributed by atoms with Gasteiger partial charge in [0.25, 0.3) is 0 Å². The van der Waals surface area contributed by atoms with E-state index in [1.54, 1.807) is 0 Å². The van der Waals surface area contributed by atoms with Crippen molar-refractivity contribution in [1.29, 1.82) is 0 Å². The summed E-state index contributed by atoms with van der Waals surface area (Å²) in [5.74, 6) is 0.0719. The van der Waals surface area contributed by atoms with E-state index in [1.165, 1.54) is 5.56 Å². The normalized spacial score (nSPS) is 17.4. The summed E-state index contributed by atoms with van der Waals surface area (Å²) in [4.78, 5) is 25.7. The van der Waals surface area contributed by atoms with Gasteiger partial charge in [0.2, 0.25) is 0 Å². The molecule has 0 radical (unpaired) electrons. The molecule has 2 aromatic carbocycles. The number of fused-ring (bicyclic) bond motifs is 2. The summed E-state index contributed by atoms with van der Waals surface area (Å²) in [5, 5.41) is 8.86. The molecule has 1 spiro atoms. The van der Waals surface area contributed by atoms with Crippen LogP contribution in [-0.2, 0) is 10.2 Å². The molecule has 2 aliphatic rings. The Morgan fingerprint density at radius 2 is 1.75 bits per heavy atom. The third kappa shape index (κ3) is 3.91. The van der Waals surface area contributed by atoms with Crippen molar-refractivity contribution < 1.29 is 19.4 Å². The number of nitrogens with zero attached hydrogens (tertiary/aromatic N) is 1. The zero-order chi connectivity index (χ0) is 18.9. The van der Waals surface area contributed by atoms with Crippen LogP contribution >= 0.6 is 12.4 Å². The Bertz CT molecular complexity index is 860. The number of ketones is 1. The lowest BCUT2D eigenvalue weighted by Gasteiger charge is -2.38. The maximum Gasteiger partial charge on any atom is 0.304 e. The quantitative estimate of drug-likeness (QED) is 0.776. The van der Waals surface area contributed by atoms with Gasteiger partial charge >= 0.3 is 5.97 Å². The van der Waals surface area contributed by atoms with Crippen LogP contribution in [0, 0.1) is 0 Å². The number of hydrogen-bond donors (Lipinski definition) is 1. The van der Waals surface area contributed by atoms with Gasteiger partial charge in [-0.25, -0.2) is 0 Å². The van der Waals surface area contributed by atoms with Crippen LogP contribution in [0.4, 0.5) is 0 Å². The molecule has 0 unspecified atom stereocenters. The highest BCUT2D eigenvalue weighted by atomic mass is 35.5. The number of carboxylic acids is 1. The molecule has 6 heteroatoms. The Kier molecular flexibility index (Phi) is 6.06. The van der Waals surface area contributed by atoms with Gasteiger partial charge < -0.3 is 14.7 Å². The van der Waals surface area contributed by atoms with Crippen LogP contribution in [0.25, 0.3) is 0 Å². The van der Waals surface area contributed by atoms with Crippen LogP contribution in [0.1, 0.15) is 40.7 Å². The summed E-state index contributed by atoms with van der Waals surface area (Å²) < 4.78 is 5.99. The molecule has 0 aliphatic carbocycles. The van der Waals surface area contributed by atoms with Crippen molar-refractivity contribution in [3.8, 4) is 5.75 Å². The van der Waals surface area contributed by atoms with E-state index >= 15 is 0 Å². The van der Waals surface area contributed by atoms with E-state index in [0.29, 0.717) is 24.3 Å². The first-order valence-electron chi connectivity index (χ1n) is 9.39. The number of carbonyl (C=O) groups is 2. The second kappa shape index (κ2) is 8.33. The summed E-state index contributed by atoms with van der Waals surface area (Å²) in [6.07, 6.45) is 2.09. The Hall–Kier alpha value is -2.37. The molecule has 1 N–H and O–H groups in total. The molecule has 2 heterocycles. The van der Waals surface area contributed by atoms with Gasteiger partial charge in [0.05, 0.1) is 13.0 Å². The molecule has 0 saturated carbocycles. The van der Waals surface area contributed by atoms with E-state index in [2.05, 4.69) is 4.90 Å². The minimum atomic E-state index is -0.750. The highest BCUT2D eigenvalue weighted by molar-refractivity contribution is 6.09. The predicted molar refractivity (Wildman–Crippen MR) is 109 cm³/mol. The fraction of sp³-hybridized carbons (Fsp3) is 0.364. The van der Waals surface area contributed by atoms with Crippen LogP contribution in [0.5, 0.6) is 5.75 Å². The molecular formula is C22H24ClNO4. The fourth-order valence-electron chi connectivity index (χ4n) is 4.14. The van der Waals surface area contributed by atoms with Crippen LogP contribution in [0.2, 0.25) is 0 Å². The molecule has 5 nitrogen and oxygen atoms in total. The summed E-state index contributed by atoms with van der Waals surface area (Å²) in [6.45, 7) is 2.99. The lowest BCUT2D eigenvalue weighted by atomic mass is 9.74. The molecule has 0 aromatic heterocycles. The highest BCUT2D eigenvalue weighted by Crippen LogP contribution is 2.45. The van der Waals surface area contributed by atoms with Crippen molar-refractivity contribution in [1.82, 2.24) is 4.90 Å². The van der Waals surface area contributed by atoms with E-state index in [1.807, 2.05) is 48.5 Å². The van der Waals surface area contributed by atoms with Crippen molar-refractivity contribution >= 4 is 24.2 Å². The van der Waals surface area contributed by atoms with Crippen molar-refractivity contribution in [2.45, 2.75) is 24.7 Å². The molecule has 1 fully saturated rings. The molecule has 2 aliphatic heterocycles. The van der Waals surface area contributed by atoms with Crippen molar-refractivity contribution in [2.75, 3.05) is 26.2 Å². The Labute approximate surface area is 170 Å². The Morgan fingerprint density at radius 1 is 1.04 bits per heavy atom. The number of piperidine rings is 1. The number of hydrogen-bond acceptors (Lipinski definition) is 4. The van der Waals surface area contributed by atoms with Crippen LogP contribution in [0.3, 0.4) is 0 Å². The predicted octanol–water partition coefficient (Wildman–Crippen LogP) is 3.54. The van der Waals surface area contributed by atoms with E-state index in [4.69, 9.17) is 9.84 Å². The molecule has 0 bridgehead atoms. The number of carboxylic acid groups (broad SMARTS) is 1. The fourth-order valence-corrected chi connectivity index (χ4v) is 4.14. The monoisotopic (exact) mass is 401 g/mol. The van der Waals surface area contributed by atoms with E-state index in [0.717, 1.165) is 31.7 Å². The standard InChI is InChI=1S/C22H23NO4.ClH/c24-20(25)8-11-23-12-9-22(10-13-23)15-27-19-14-17(6-7-18(19)22)21(26)16-4-2-1-3-5-16;/h1-7,14H,8-13,15H2,(H,24,25);1H. The van der Waals surface area contributed by atoms with Crippen molar-refractivity contribution in [2.24, 2.45) is 0 Å². The molecule has 0 atom stereocenters. The largest absolute Gasteiger partial charge is 0.492 e. The minimum absolute atomic E-state index is 0. The van der Waals surface area contributed by atoms with E-state index in [-0.39, 0.29) is 30.0 Å². The number of benzene rings is 2. The number of carbonyl (C=O) groups excluding carboxylic acids is 1. The second-order valence-electron chi connectivity index (χ2n) is 7.46. The lowest BCUT2D eigenvalue weighted by molar-refractivity contribution is -0.137. The van der Waals surface area contributed by atoms with Gasteiger partial charge in [-0.3, -0.25) is 9.59 Å². The van der Waals surface area contributed by atoms with Gasteiger partial charge in [0.15, 0.2) is 5.78 Å². The van der Waals surface area contributed by atoms with Gasteiger partial charge in [-0.15, -0.1) is 12.4 Å². The molecule has 0 amide bonds. The summed E-state index contributed by atoms with van der Waals surface area (Å²) in [6, 6.07) is 15.1. The zero-order valence-corrected chi connectivity index (χ0v) is 16.4. The average molecular weight is 402 g/mol. The van der Waals surface area contributed by atoms with E-state index in [9.17, 15) is 9.59 Å². The molecule has 2 aromatic rings. The first-order chi connectivity index (χ1) is 13.1. The molecule has 1 saturated heterocycles. The van der Waals surface area contributed by atoms with Crippen molar-refractivity contribution in [3.05, 3.63) is 65.2 Å². The van der Waals surface area contributed by atoms with Crippen molar-refractivity contribution in [3.63, 3.8) is 0 Å². The minimum Gasteiger partial charge on any atom is -0.492 e. The average Bonchev–Trinajstić information content (AvgIpc) is 3.05. The molecule has 28 heavy (non-hydrogen) atoms. The van der Waals surface area contributed by atoms with E-state index < -0.39 is 5.97 Å². The lowest BCUT2D eigenvalue weighted by Crippen LogP contribution is -2.44. The maximum absolute atomic E-state index is 12.7. The van der Waals surface area contributed by atoms with Gasteiger partial charge in [-0.1, -0.05) is 42.5 Å². The summed E-state index contributed by atoms with van der Waals surface area (Å²) in [5.41, 5.74) is 2.50. The number of ether oxygens (including phenoxy) is 1. The first-order valence-corrected chi connectivity index (χ1v) is 9.39. The topological polar surface area (TPSA) is 66.8 Å². The van der Waals surface area contributed by atoms with Gasteiger partial charge in [-0.2, -0.15) is 0 Å². The van der Waals surface area contributed by atoms with Gasteiger partial charge in [0, 0.05) is 28.7 Å². The summed E-state index contributed by atoms with van der Waals surface area (Å²) in [7, 11) is 0.